The molecule has 18 heavy (non-hydrogen) atoms. The summed E-state index contributed by atoms with van der Waals surface area (Å²) in [5.41, 5.74) is 0. The molecule has 0 aliphatic rings. The number of ether oxygens (including phenoxy) is 1. The van der Waals surface area contributed by atoms with Crippen molar-refractivity contribution in [3.05, 3.63) is 30.3 Å². The molecule has 0 heterocycles. The fraction of sp³-hybridized carbons (Fsp3) is 0.571. The number of halogens is 3. The van der Waals surface area contributed by atoms with Crippen LogP contribution in [0.3, 0.4) is 0 Å². The lowest BCUT2D eigenvalue weighted by Crippen LogP contribution is -2.31. The van der Waals surface area contributed by atoms with Gasteiger partial charge in [0.2, 0.25) is 0 Å². The van der Waals surface area contributed by atoms with E-state index in [9.17, 15) is 8.78 Å². The van der Waals surface area contributed by atoms with Crippen molar-refractivity contribution in [3.8, 4) is 5.75 Å². The molecule has 0 bridgehead atoms. The number of rotatable bonds is 8. The van der Waals surface area contributed by atoms with Crippen LogP contribution in [-0.4, -0.2) is 23.8 Å². The van der Waals surface area contributed by atoms with E-state index in [4.69, 9.17) is 4.74 Å². The van der Waals surface area contributed by atoms with Crippen LogP contribution in [0.5, 0.6) is 5.75 Å². The van der Waals surface area contributed by atoms with E-state index in [2.05, 4.69) is 15.9 Å². The van der Waals surface area contributed by atoms with Crippen molar-refractivity contribution in [3.63, 3.8) is 0 Å². The minimum Gasteiger partial charge on any atom is -0.490 e. The highest BCUT2D eigenvalue weighted by molar-refractivity contribution is 9.09. The number of alkyl halides is 3. The zero-order chi connectivity index (χ0) is 13.4. The van der Waals surface area contributed by atoms with Crippen LogP contribution in [0.2, 0.25) is 0 Å². The molecule has 0 saturated carbocycles. The molecule has 3 unspecified atom stereocenters. The summed E-state index contributed by atoms with van der Waals surface area (Å²) in [6.07, 6.45) is -0.620. The van der Waals surface area contributed by atoms with E-state index in [1.807, 2.05) is 13.0 Å². The van der Waals surface area contributed by atoms with Gasteiger partial charge in [0.15, 0.2) is 6.17 Å². The second-order valence-corrected chi connectivity index (χ2v) is 5.42. The van der Waals surface area contributed by atoms with Gasteiger partial charge in [-0.25, -0.2) is 8.78 Å². The average molecular weight is 321 g/mol. The molecule has 0 amide bonds. The lowest BCUT2D eigenvalue weighted by atomic mass is 10.1. The Balaban J connectivity index is 2.33. The van der Waals surface area contributed by atoms with E-state index in [-0.39, 0.29) is 6.61 Å². The van der Waals surface area contributed by atoms with Crippen LogP contribution >= 0.6 is 15.9 Å². The Morgan fingerprint density at radius 3 is 2.50 bits per heavy atom. The molecule has 1 aromatic rings. The summed E-state index contributed by atoms with van der Waals surface area (Å²) in [4.78, 5) is -0.438. The Kier molecular flexibility index (Phi) is 7.25. The number of unbranched alkanes of at least 4 members (excludes halogenated alkanes) is 1. The molecular weight excluding hydrogens is 302 g/mol. The molecule has 1 rings (SSSR count). The van der Waals surface area contributed by atoms with Gasteiger partial charge in [0.05, 0.1) is 0 Å². The number of benzene rings is 1. The molecule has 0 aliphatic carbocycles. The summed E-state index contributed by atoms with van der Waals surface area (Å²) in [5, 5.41) is 0. The Hall–Kier alpha value is -0.640. The predicted molar refractivity (Wildman–Crippen MR) is 74.0 cm³/mol. The van der Waals surface area contributed by atoms with Crippen molar-refractivity contribution in [1.82, 2.24) is 0 Å². The molecule has 0 fully saturated rings. The maximum absolute atomic E-state index is 13.7. The normalized spacial score (nSPS) is 16.0. The van der Waals surface area contributed by atoms with Crippen molar-refractivity contribution in [2.45, 2.75) is 43.4 Å². The summed E-state index contributed by atoms with van der Waals surface area (Å²) in [6.45, 7) is 1.78. The van der Waals surface area contributed by atoms with Gasteiger partial charge in [-0.15, -0.1) is 0 Å². The third-order valence-electron chi connectivity index (χ3n) is 2.68. The van der Waals surface area contributed by atoms with Crippen LogP contribution < -0.4 is 4.74 Å². The first-order valence-electron chi connectivity index (χ1n) is 6.25. The molecule has 102 valence electrons. The average Bonchev–Trinajstić information content (AvgIpc) is 2.42. The first-order valence-corrected chi connectivity index (χ1v) is 7.16. The fourth-order valence-corrected chi connectivity index (χ4v) is 2.22. The fourth-order valence-electron chi connectivity index (χ4n) is 1.57. The molecule has 0 radical (unpaired) electrons. The molecule has 4 heteroatoms. The van der Waals surface area contributed by atoms with E-state index >= 15 is 0 Å². The number of hydrogen-bond donors (Lipinski definition) is 0. The van der Waals surface area contributed by atoms with Crippen LogP contribution in [0.15, 0.2) is 30.3 Å². The smallest absolute Gasteiger partial charge is 0.166 e. The highest BCUT2D eigenvalue weighted by Crippen LogP contribution is 2.22. The van der Waals surface area contributed by atoms with Gasteiger partial charge in [-0.05, 0) is 18.6 Å². The summed E-state index contributed by atoms with van der Waals surface area (Å²) < 4.78 is 32.6. The summed E-state index contributed by atoms with van der Waals surface area (Å²) in [7, 11) is 0. The van der Waals surface area contributed by atoms with Gasteiger partial charge in [0, 0.05) is 4.83 Å². The van der Waals surface area contributed by atoms with Gasteiger partial charge < -0.3 is 4.74 Å². The summed E-state index contributed by atoms with van der Waals surface area (Å²) in [6, 6.07) is 8.89. The number of hydrogen-bond acceptors (Lipinski definition) is 1. The standard InChI is InChI=1S/C14H19BrF2O/c1-2-3-9-12(15)14(17)13(16)10-18-11-7-5-4-6-8-11/h4-8,12-14H,2-3,9-10H2,1H3. The lowest BCUT2D eigenvalue weighted by molar-refractivity contribution is 0.106. The van der Waals surface area contributed by atoms with Gasteiger partial charge in [0.25, 0.3) is 0 Å². The summed E-state index contributed by atoms with van der Waals surface area (Å²) >= 11 is 3.20. The van der Waals surface area contributed by atoms with Crippen LogP contribution in [-0.2, 0) is 0 Å². The first kappa shape index (κ1) is 15.4. The Labute approximate surface area is 116 Å². The van der Waals surface area contributed by atoms with E-state index in [1.54, 1.807) is 24.3 Å². The molecule has 1 nitrogen and oxygen atoms in total. The first-order chi connectivity index (χ1) is 8.65. The molecule has 0 aliphatic heterocycles. The van der Waals surface area contributed by atoms with Gasteiger partial charge in [-0.2, -0.15) is 0 Å². The maximum atomic E-state index is 13.7. The number of para-hydroxylation sites is 1. The molecule has 0 spiro atoms. The largest absolute Gasteiger partial charge is 0.490 e. The minimum atomic E-state index is -1.61. The minimum absolute atomic E-state index is 0.251. The van der Waals surface area contributed by atoms with Gasteiger partial charge in [0.1, 0.15) is 18.5 Å². The highest BCUT2D eigenvalue weighted by atomic mass is 79.9. The van der Waals surface area contributed by atoms with E-state index in [1.165, 1.54) is 0 Å². The van der Waals surface area contributed by atoms with E-state index in [0.717, 1.165) is 12.8 Å². The van der Waals surface area contributed by atoms with Crippen molar-refractivity contribution in [1.29, 1.82) is 0 Å². The van der Waals surface area contributed by atoms with Crippen LogP contribution in [0.1, 0.15) is 26.2 Å². The molecule has 0 aromatic heterocycles. The molecule has 0 N–H and O–H groups in total. The monoisotopic (exact) mass is 320 g/mol. The van der Waals surface area contributed by atoms with Gasteiger partial charge in [-0.1, -0.05) is 53.9 Å². The second-order valence-electron chi connectivity index (χ2n) is 4.24. The topological polar surface area (TPSA) is 9.23 Å². The summed E-state index contributed by atoms with van der Waals surface area (Å²) in [5.74, 6) is 0.562. The Morgan fingerprint density at radius 1 is 1.22 bits per heavy atom. The quantitative estimate of drug-likeness (QED) is 0.631. The van der Waals surface area contributed by atoms with Crippen molar-refractivity contribution in [2.75, 3.05) is 6.61 Å². The lowest BCUT2D eigenvalue weighted by Gasteiger charge is -2.19. The third kappa shape index (κ3) is 5.34. The van der Waals surface area contributed by atoms with Crippen LogP contribution in [0.4, 0.5) is 8.78 Å². The predicted octanol–water partition coefficient (Wildman–Crippen LogP) is 4.70. The maximum Gasteiger partial charge on any atom is 0.166 e. The molecule has 0 saturated heterocycles. The van der Waals surface area contributed by atoms with Crippen molar-refractivity contribution >= 4 is 15.9 Å². The van der Waals surface area contributed by atoms with Gasteiger partial charge in [-0.3, -0.25) is 0 Å². The van der Waals surface area contributed by atoms with Crippen LogP contribution in [0.25, 0.3) is 0 Å². The van der Waals surface area contributed by atoms with E-state index < -0.39 is 17.2 Å². The van der Waals surface area contributed by atoms with E-state index in [0.29, 0.717) is 12.2 Å². The van der Waals surface area contributed by atoms with Gasteiger partial charge >= 0.3 is 0 Å². The van der Waals surface area contributed by atoms with Crippen molar-refractivity contribution in [2.24, 2.45) is 0 Å². The second kappa shape index (κ2) is 8.46. The van der Waals surface area contributed by atoms with Crippen LogP contribution in [0, 0.1) is 0 Å². The molecular formula is C14H19BrF2O. The Bertz CT molecular complexity index is 321. The zero-order valence-corrected chi connectivity index (χ0v) is 12.1. The van der Waals surface area contributed by atoms with Crippen molar-refractivity contribution < 1.29 is 13.5 Å². The SMILES string of the molecule is CCCCC(Br)C(F)C(F)COc1ccccc1. The third-order valence-corrected chi connectivity index (χ3v) is 3.64. The Morgan fingerprint density at radius 2 is 1.89 bits per heavy atom. The zero-order valence-electron chi connectivity index (χ0n) is 10.5. The highest BCUT2D eigenvalue weighted by Gasteiger charge is 2.28. The molecule has 3 atom stereocenters. The molecule has 1 aromatic carbocycles.